The summed E-state index contributed by atoms with van der Waals surface area (Å²) in [5.41, 5.74) is 0.832. The number of nitrogens with one attached hydrogen (secondary N) is 1. The summed E-state index contributed by atoms with van der Waals surface area (Å²) in [7, 11) is -3.87. The van der Waals surface area contributed by atoms with Gasteiger partial charge in [-0.15, -0.1) is 0 Å². The average Bonchev–Trinajstić information content (AvgIpc) is 3.13. The van der Waals surface area contributed by atoms with Crippen molar-refractivity contribution in [1.29, 1.82) is 0 Å². The maximum absolute atomic E-state index is 12.8. The number of aryl methyl sites for hydroxylation is 1. The third kappa shape index (κ3) is 2.56. The highest BCUT2D eigenvalue weighted by Crippen LogP contribution is 2.40. The molecular formula is C16H18N4O3S. The van der Waals surface area contributed by atoms with Gasteiger partial charge in [-0.2, -0.15) is 8.42 Å². The van der Waals surface area contributed by atoms with Crippen LogP contribution < -0.4 is 10.2 Å². The van der Waals surface area contributed by atoms with E-state index in [4.69, 9.17) is 4.18 Å². The number of piperazine rings is 1. The highest BCUT2D eigenvalue weighted by atomic mass is 32.2. The van der Waals surface area contributed by atoms with Crippen molar-refractivity contribution in [3.63, 3.8) is 0 Å². The Morgan fingerprint density at radius 3 is 2.62 bits per heavy atom. The third-order valence-electron chi connectivity index (χ3n) is 4.56. The largest absolute Gasteiger partial charge is 0.337 e. The number of rotatable bonds is 4. The van der Waals surface area contributed by atoms with Crippen LogP contribution in [0, 0.1) is 6.92 Å². The maximum Gasteiger partial charge on any atom is 0.299 e. The minimum atomic E-state index is -3.87. The van der Waals surface area contributed by atoms with E-state index in [2.05, 4.69) is 15.3 Å². The summed E-state index contributed by atoms with van der Waals surface area (Å²) in [5.74, 6) is 0. The van der Waals surface area contributed by atoms with E-state index in [0.717, 1.165) is 11.3 Å². The summed E-state index contributed by atoms with van der Waals surface area (Å²) in [4.78, 5) is 10.2. The first kappa shape index (κ1) is 15.5. The molecule has 1 aromatic heterocycles. The van der Waals surface area contributed by atoms with Gasteiger partial charge in [0.2, 0.25) is 0 Å². The summed E-state index contributed by atoms with van der Waals surface area (Å²) >= 11 is 0. The van der Waals surface area contributed by atoms with Gasteiger partial charge in [0.05, 0.1) is 23.0 Å². The van der Waals surface area contributed by atoms with Crippen LogP contribution in [0.25, 0.3) is 0 Å². The first-order chi connectivity index (χ1) is 11.5. The number of fused-ring (bicyclic) bond motifs is 2. The number of hydrogen-bond acceptors (Lipinski definition) is 7. The number of benzene rings is 1. The second kappa shape index (κ2) is 5.51. The monoisotopic (exact) mass is 346 g/mol. The lowest BCUT2D eigenvalue weighted by molar-refractivity contribution is 0.105. The van der Waals surface area contributed by atoms with Gasteiger partial charge in [-0.1, -0.05) is 17.7 Å². The van der Waals surface area contributed by atoms with Crippen molar-refractivity contribution in [3.8, 4) is 0 Å². The van der Waals surface area contributed by atoms with Crippen LogP contribution in [0.2, 0.25) is 0 Å². The zero-order valence-electron chi connectivity index (χ0n) is 13.2. The number of nitrogens with zero attached hydrogens (tertiary/aromatic N) is 3. The molecule has 4 rings (SSSR count). The molecule has 8 heteroatoms. The van der Waals surface area contributed by atoms with E-state index in [1.54, 1.807) is 36.7 Å². The average molecular weight is 346 g/mol. The molecule has 0 amide bonds. The fourth-order valence-electron chi connectivity index (χ4n) is 3.39. The van der Waals surface area contributed by atoms with E-state index < -0.39 is 15.8 Å². The molecule has 2 aromatic rings. The van der Waals surface area contributed by atoms with Gasteiger partial charge in [-0.05, 0) is 19.1 Å². The lowest BCUT2D eigenvalue weighted by Gasteiger charge is -2.38. The topological polar surface area (TPSA) is 84.4 Å². The molecule has 0 radical (unpaired) electrons. The second-order valence-corrected chi connectivity index (χ2v) is 7.83. The van der Waals surface area contributed by atoms with Crippen molar-refractivity contribution in [2.75, 3.05) is 18.0 Å². The Morgan fingerprint density at radius 2 is 1.96 bits per heavy atom. The molecule has 24 heavy (non-hydrogen) atoms. The van der Waals surface area contributed by atoms with Crippen LogP contribution in [0.1, 0.15) is 12.0 Å². The predicted molar refractivity (Wildman–Crippen MR) is 88.0 cm³/mol. The highest BCUT2D eigenvalue weighted by molar-refractivity contribution is 7.86. The number of aromatic nitrogens is 2. The SMILES string of the molecule is Cc1ccc(S(=O)(=O)O[C@@]23CN[C@H](CN2c2cncnc2)C3)cc1. The lowest BCUT2D eigenvalue weighted by atomic mass is 10.2. The summed E-state index contributed by atoms with van der Waals surface area (Å²) in [6.07, 6.45) is 5.41. The van der Waals surface area contributed by atoms with Crippen molar-refractivity contribution < 1.29 is 12.6 Å². The van der Waals surface area contributed by atoms with Crippen molar-refractivity contribution in [2.24, 2.45) is 0 Å². The van der Waals surface area contributed by atoms with Crippen molar-refractivity contribution in [2.45, 2.75) is 30.0 Å². The smallest absolute Gasteiger partial charge is 0.299 e. The van der Waals surface area contributed by atoms with Crippen LogP contribution in [-0.4, -0.2) is 43.2 Å². The molecule has 7 nitrogen and oxygen atoms in total. The summed E-state index contributed by atoms with van der Waals surface area (Å²) in [6, 6.07) is 6.87. The van der Waals surface area contributed by atoms with Gasteiger partial charge in [-0.3, -0.25) is 0 Å². The molecule has 2 aliphatic heterocycles. The first-order valence-electron chi connectivity index (χ1n) is 7.77. The second-order valence-electron chi connectivity index (χ2n) is 6.29. The van der Waals surface area contributed by atoms with Gasteiger partial charge >= 0.3 is 0 Å². The van der Waals surface area contributed by atoms with Crippen molar-refractivity contribution >= 4 is 15.8 Å². The Bertz CT molecular complexity index is 841. The van der Waals surface area contributed by atoms with Crippen LogP contribution in [0.5, 0.6) is 0 Å². The zero-order valence-corrected chi connectivity index (χ0v) is 14.0. The first-order valence-corrected chi connectivity index (χ1v) is 9.18. The van der Waals surface area contributed by atoms with Gasteiger partial charge in [-0.25, -0.2) is 14.2 Å². The van der Waals surface area contributed by atoms with Crippen molar-refractivity contribution in [1.82, 2.24) is 15.3 Å². The van der Waals surface area contributed by atoms with Gasteiger partial charge in [0.1, 0.15) is 6.33 Å². The number of anilines is 1. The molecular weight excluding hydrogens is 328 g/mol. The Labute approximate surface area is 140 Å². The zero-order chi connectivity index (χ0) is 16.8. The Morgan fingerprint density at radius 1 is 1.25 bits per heavy atom. The Hall–Kier alpha value is -2.03. The van der Waals surface area contributed by atoms with E-state index in [1.165, 1.54) is 6.33 Å². The van der Waals surface area contributed by atoms with Crippen LogP contribution in [-0.2, 0) is 14.3 Å². The standard InChI is InChI=1S/C16H18N4O3S/c1-12-2-4-15(5-3-12)24(21,22)23-16-6-13(19-10-16)9-20(16)14-7-17-11-18-8-14/h2-5,7-8,11,13,19H,6,9-10H2,1H3/t13-,16-/m0/s1. The number of hydrogen-bond donors (Lipinski definition) is 1. The minimum Gasteiger partial charge on any atom is -0.337 e. The minimum absolute atomic E-state index is 0.169. The summed E-state index contributed by atoms with van der Waals surface area (Å²) in [6.45, 7) is 3.02. The van der Waals surface area contributed by atoms with Crippen LogP contribution in [0.15, 0.2) is 47.9 Å². The van der Waals surface area contributed by atoms with Crippen LogP contribution in [0.4, 0.5) is 5.69 Å². The third-order valence-corrected chi connectivity index (χ3v) is 5.94. The molecule has 1 aromatic carbocycles. The van der Waals surface area contributed by atoms with E-state index in [0.29, 0.717) is 19.5 Å². The lowest BCUT2D eigenvalue weighted by Crippen LogP contribution is -2.55. The molecule has 2 aliphatic rings. The van der Waals surface area contributed by atoms with Gasteiger partial charge < -0.3 is 10.2 Å². The Balaban J connectivity index is 1.67. The Kier molecular flexibility index (Phi) is 3.56. The molecule has 2 fully saturated rings. The molecule has 2 saturated heterocycles. The fraction of sp³-hybridized carbons (Fsp3) is 0.375. The molecule has 0 unspecified atom stereocenters. The van der Waals surface area contributed by atoms with Crippen LogP contribution in [0.3, 0.4) is 0 Å². The molecule has 2 bridgehead atoms. The summed E-state index contributed by atoms with van der Waals surface area (Å²) < 4.78 is 31.3. The molecule has 126 valence electrons. The molecule has 0 spiro atoms. The molecule has 1 N–H and O–H groups in total. The van der Waals surface area contributed by atoms with Crippen LogP contribution >= 0.6 is 0 Å². The molecule has 0 aliphatic carbocycles. The molecule has 3 heterocycles. The van der Waals surface area contributed by atoms with Gasteiger partial charge in [0, 0.05) is 25.6 Å². The van der Waals surface area contributed by atoms with Gasteiger partial charge in [0.25, 0.3) is 10.1 Å². The molecule has 0 saturated carbocycles. The fourth-order valence-corrected chi connectivity index (χ4v) is 4.58. The normalized spacial score (nSPS) is 26.0. The van der Waals surface area contributed by atoms with E-state index in [9.17, 15) is 8.42 Å². The predicted octanol–water partition coefficient (Wildman–Crippen LogP) is 1.07. The van der Waals surface area contributed by atoms with E-state index in [-0.39, 0.29) is 10.9 Å². The maximum atomic E-state index is 12.8. The van der Waals surface area contributed by atoms with Crippen molar-refractivity contribution in [3.05, 3.63) is 48.5 Å². The quantitative estimate of drug-likeness (QED) is 0.829. The summed E-state index contributed by atoms with van der Waals surface area (Å²) in [5, 5.41) is 3.31. The molecule has 2 atom stereocenters. The van der Waals surface area contributed by atoms with E-state index in [1.807, 2.05) is 11.8 Å². The van der Waals surface area contributed by atoms with Gasteiger partial charge in [0.15, 0.2) is 5.72 Å². The highest BCUT2D eigenvalue weighted by Gasteiger charge is 2.54. The van der Waals surface area contributed by atoms with E-state index >= 15 is 0 Å².